The molecule has 3 heterocycles. The number of methoxy groups -OCH3 is 2. The molecule has 0 aromatic heterocycles. The second-order valence-electron chi connectivity index (χ2n) is 8.43. The predicted octanol–water partition coefficient (Wildman–Crippen LogP) is 3.00. The van der Waals surface area contributed by atoms with Crippen molar-refractivity contribution >= 4 is 15.7 Å². The number of rotatable bonds is 4. The molecule has 170 valence electrons. The van der Waals surface area contributed by atoms with Gasteiger partial charge < -0.3 is 14.2 Å². The van der Waals surface area contributed by atoms with Crippen molar-refractivity contribution in [1.82, 2.24) is 9.31 Å². The van der Waals surface area contributed by atoms with E-state index in [1.165, 1.54) is 10.6 Å². The van der Waals surface area contributed by atoms with Crippen LogP contribution in [0.5, 0.6) is 17.2 Å². The summed E-state index contributed by atoms with van der Waals surface area (Å²) >= 11 is 0. The number of para-hydroxylation sites is 1. The van der Waals surface area contributed by atoms with Crippen molar-refractivity contribution < 1.29 is 22.6 Å². The number of hydrogen-bond donors (Lipinski definition) is 0. The number of nitrogens with zero attached hydrogens (tertiary/aromatic N) is 3. The Morgan fingerprint density at radius 2 is 1.84 bits per heavy atom. The summed E-state index contributed by atoms with van der Waals surface area (Å²) in [5.41, 5.74) is 2.25. The number of hydrazone groups is 1. The SMILES string of the molecule is COc1ccc(C2=NN3C(C2)c2ccccc2OC32CCN(S(C)(=O)=O)CC2)c(OC)c1. The summed E-state index contributed by atoms with van der Waals surface area (Å²) in [7, 11) is 0.0303. The molecule has 3 aliphatic rings. The van der Waals surface area contributed by atoms with Gasteiger partial charge in [0.15, 0.2) is 0 Å². The molecule has 1 unspecified atom stereocenters. The van der Waals surface area contributed by atoms with Crippen molar-refractivity contribution in [3.05, 3.63) is 53.6 Å². The zero-order valence-electron chi connectivity index (χ0n) is 18.4. The van der Waals surface area contributed by atoms with Crippen LogP contribution in [0.1, 0.15) is 36.4 Å². The summed E-state index contributed by atoms with van der Waals surface area (Å²) < 4.78 is 43.2. The zero-order valence-corrected chi connectivity index (χ0v) is 19.3. The molecule has 2 aromatic rings. The molecular formula is C23H27N3O5S. The van der Waals surface area contributed by atoms with Crippen molar-refractivity contribution in [2.75, 3.05) is 33.6 Å². The Kier molecular flexibility index (Phi) is 5.05. The van der Waals surface area contributed by atoms with E-state index >= 15 is 0 Å². The van der Waals surface area contributed by atoms with Crippen LogP contribution in [0.25, 0.3) is 0 Å². The quantitative estimate of drug-likeness (QED) is 0.702. The summed E-state index contributed by atoms with van der Waals surface area (Å²) in [5, 5.41) is 7.11. The van der Waals surface area contributed by atoms with Gasteiger partial charge in [-0.3, -0.25) is 0 Å². The lowest BCUT2D eigenvalue weighted by Crippen LogP contribution is -2.59. The van der Waals surface area contributed by atoms with E-state index in [1.54, 1.807) is 14.2 Å². The fourth-order valence-electron chi connectivity index (χ4n) is 4.93. The lowest BCUT2D eigenvalue weighted by Gasteiger charge is -2.50. The molecule has 1 saturated heterocycles. The number of benzene rings is 2. The smallest absolute Gasteiger partial charge is 0.211 e. The average Bonchev–Trinajstić information content (AvgIpc) is 3.25. The highest BCUT2D eigenvalue weighted by molar-refractivity contribution is 7.88. The maximum atomic E-state index is 12.1. The monoisotopic (exact) mass is 457 g/mol. The van der Waals surface area contributed by atoms with Crippen LogP contribution < -0.4 is 14.2 Å². The summed E-state index contributed by atoms with van der Waals surface area (Å²) in [6.45, 7) is 0.807. The molecule has 9 heteroatoms. The number of hydrogen-bond acceptors (Lipinski definition) is 7. The Hall–Kier alpha value is -2.78. The Morgan fingerprint density at radius 3 is 2.53 bits per heavy atom. The molecule has 8 nitrogen and oxygen atoms in total. The van der Waals surface area contributed by atoms with Crippen LogP contribution in [0.2, 0.25) is 0 Å². The topological polar surface area (TPSA) is 80.7 Å². The standard InChI is InChI=1S/C23H27N3O5S/c1-29-16-8-9-17(22(14-16)30-2)19-15-20-18-6-4-5-7-21(18)31-23(26(20)24-19)10-12-25(13-11-23)32(3,27)28/h4-9,14,20H,10-13,15H2,1-3H3. The fourth-order valence-corrected chi connectivity index (χ4v) is 5.77. The summed E-state index contributed by atoms with van der Waals surface area (Å²) in [5.74, 6) is 2.28. The van der Waals surface area contributed by atoms with E-state index in [4.69, 9.17) is 19.3 Å². The van der Waals surface area contributed by atoms with Gasteiger partial charge in [0, 0.05) is 49.5 Å². The first-order valence-corrected chi connectivity index (χ1v) is 12.5. The Balaban J connectivity index is 1.55. The van der Waals surface area contributed by atoms with Gasteiger partial charge in [-0.25, -0.2) is 17.7 Å². The minimum atomic E-state index is -3.24. The molecule has 0 bridgehead atoms. The van der Waals surface area contributed by atoms with Gasteiger partial charge in [-0.2, -0.15) is 5.10 Å². The number of ether oxygens (including phenoxy) is 3. The molecule has 2 aromatic carbocycles. The van der Waals surface area contributed by atoms with Gasteiger partial charge in [0.25, 0.3) is 0 Å². The van der Waals surface area contributed by atoms with E-state index < -0.39 is 15.7 Å². The van der Waals surface area contributed by atoms with Crippen LogP contribution in [-0.4, -0.2) is 62.7 Å². The van der Waals surface area contributed by atoms with Gasteiger partial charge in [-0.15, -0.1) is 0 Å². The van der Waals surface area contributed by atoms with Crippen molar-refractivity contribution in [1.29, 1.82) is 0 Å². The highest BCUT2D eigenvalue weighted by atomic mass is 32.2. The summed E-state index contributed by atoms with van der Waals surface area (Å²) in [6, 6.07) is 13.8. The van der Waals surface area contributed by atoms with E-state index in [9.17, 15) is 8.42 Å². The molecule has 3 aliphatic heterocycles. The Bertz CT molecular complexity index is 1170. The van der Waals surface area contributed by atoms with Gasteiger partial charge >= 0.3 is 0 Å². The van der Waals surface area contributed by atoms with Crippen molar-refractivity contribution in [3.63, 3.8) is 0 Å². The van der Waals surface area contributed by atoms with Crippen LogP contribution in [-0.2, 0) is 10.0 Å². The van der Waals surface area contributed by atoms with E-state index in [2.05, 4.69) is 11.1 Å². The minimum Gasteiger partial charge on any atom is -0.497 e. The number of fused-ring (bicyclic) bond motifs is 4. The third-order valence-electron chi connectivity index (χ3n) is 6.60. The second-order valence-corrected chi connectivity index (χ2v) is 10.4. The first-order valence-electron chi connectivity index (χ1n) is 10.7. The molecule has 0 aliphatic carbocycles. The van der Waals surface area contributed by atoms with Crippen LogP contribution >= 0.6 is 0 Å². The normalized spacial score (nSPS) is 22.0. The first kappa shape index (κ1) is 21.1. The van der Waals surface area contributed by atoms with E-state index in [-0.39, 0.29) is 6.04 Å². The highest BCUT2D eigenvalue weighted by Gasteiger charge is 2.52. The molecule has 0 amide bonds. The fraction of sp³-hybridized carbons (Fsp3) is 0.435. The molecule has 1 fully saturated rings. The van der Waals surface area contributed by atoms with Crippen molar-refractivity contribution in [2.45, 2.75) is 31.0 Å². The molecule has 0 N–H and O–H groups in total. The predicted molar refractivity (Wildman–Crippen MR) is 121 cm³/mol. The maximum absolute atomic E-state index is 12.1. The molecule has 0 saturated carbocycles. The summed E-state index contributed by atoms with van der Waals surface area (Å²) in [4.78, 5) is 0. The van der Waals surface area contributed by atoms with Gasteiger partial charge in [-0.05, 0) is 18.2 Å². The van der Waals surface area contributed by atoms with Crippen LogP contribution in [0.4, 0.5) is 0 Å². The second kappa shape index (κ2) is 7.67. The molecule has 5 rings (SSSR count). The molecular weight excluding hydrogens is 430 g/mol. The first-order chi connectivity index (χ1) is 15.3. The molecule has 32 heavy (non-hydrogen) atoms. The number of sulfonamides is 1. The van der Waals surface area contributed by atoms with Crippen molar-refractivity contribution in [2.24, 2.45) is 5.10 Å². The summed E-state index contributed by atoms with van der Waals surface area (Å²) in [6.07, 6.45) is 3.05. The van der Waals surface area contributed by atoms with Gasteiger partial charge in [0.05, 0.1) is 32.2 Å². The van der Waals surface area contributed by atoms with Crippen LogP contribution in [0, 0.1) is 0 Å². The highest BCUT2D eigenvalue weighted by Crippen LogP contribution is 2.50. The van der Waals surface area contributed by atoms with Gasteiger partial charge in [0.1, 0.15) is 17.2 Å². The average molecular weight is 458 g/mol. The molecule has 1 spiro atoms. The lowest BCUT2D eigenvalue weighted by molar-refractivity contribution is -0.143. The lowest BCUT2D eigenvalue weighted by atomic mass is 9.91. The van der Waals surface area contributed by atoms with Crippen LogP contribution in [0.3, 0.4) is 0 Å². The Labute approximate surface area is 188 Å². The van der Waals surface area contributed by atoms with Gasteiger partial charge in [-0.1, -0.05) is 18.2 Å². The maximum Gasteiger partial charge on any atom is 0.211 e. The van der Waals surface area contributed by atoms with Crippen LogP contribution in [0.15, 0.2) is 47.6 Å². The molecule has 0 radical (unpaired) electrons. The zero-order chi connectivity index (χ0) is 22.5. The largest absolute Gasteiger partial charge is 0.497 e. The van der Waals surface area contributed by atoms with E-state index in [0.717, 1.165) is 28.3 Å². The van der Waals surface area contributed by atoms with Gasteiger partial charge in [0.2, 0.25) is 15.7 Å². The Morgan fingerprint density at radius 1 is 1.09 bits per heavy atom. The number of piperidine rings is 1. The third-order valence-corrected chi connectivity index (χ3v) is 7.90. The minimum absolute atomic E-state index is 0.0199. The van der Waals surface area contributed by atoms with E-state index in [1.807, 2.05) is 36.4 Å². The molecule has 1 atom stereocenters. The van der Waals surface area contributed by atoms with E-state index in [0.29, 0.717) is 38.1 Å². The van der Waals surface area contributed by atoms with Crippen molar-refractivity contribution in [3.8, 4) is 17.2 Å². The third kappa shape index (κ3) is 3.40.